The minimum atomic E-state index is -3.55. The molecule has 1 aliphatic rings. The van der Waals surface area contributed by atoms with Gasteiger partial charge in [0.25, 0.3) is 7.37 Å². The van der Waals surface area contributed by atoms with Gasteiger partial charge in [-0.05, 0) is 17.7 Å². The third kappa shape index (κ3) is 2.93. The molecule has 0 spiro atoms. The van der Waals surface area contributed by atoms with Crippen molar-refractivity contribution in [2.75, 3.05) is 6.16 Å². The number of carboxylic acids is 2. The Hall–Kier alpha value is -2.59. The van der Waals surface area contributed by atoms with Gasteiger partial charge in [-0.2, -0.15) is 0 Å². The molecule has 2 aromatic rings. The molecule has 24 heavy (non-hydrogen) atoms. The standard InChI is InChI=1S/C17H15O6P/c18-16(19)9-11(17(20)21)10-24(22)15-8-4-2-6-13(15)12-5-1-3-7-14(12)23-24/h1-8,11H,9-10H2,(H,18,19)(H,20,21)/t11-,24-/m0/s1. The van der Waals surface area contributed by atoms with Crippen molar-refractivity contribution in [3.63, 3.8) is 0 Å². The van der Waals surface area contributed by atoms with Gasteiger partial charge in [-0.3, -0.25) is 14.2 Å². The molecule has 6 nitrogen and oxygen atoms in total. The third-order valence-corrected chi connectivity index (χ3v) is 6.46. The fourth-order valence-corrected chi connectivity index (χ4v) is 5.43. The number of benzene rings is 2. The molecule has 2 N–H and O–H groups in total. The zero-order chi connectivity index (χ0) is 17.3. The maximum Gasteiger partial charge on any atom is 0.307 e. The summed E-state index contributed by atoms with van der Waals surface area (Å²) in [5.41, 5.74) is 1.51. The molecule has 0 fully saturated rings. The number of aliphatic carboxylic acids is 2. The maximum atomic E-state index is 13.4. The SMILES string of the molecule is O=C(O)C[C@@H](C[P@]1(=O)Oc2ccccc2-c2ccccc21)C(=O)O. The zero-order valence-corrected chi connectivity index (χ0v) is 13.5. The van der Waals surface area contributed by atoms with Gasteiger partial charge < -0.3 is 14.7 Å². The Balaban J connectivity index is 2.06. The second kappa shape index (κ2) is 6.13. The minimum absolute atomic E-state index is 0.361. The minimum Gasteiger partial charge on any atom is -0.481 e. The van der Waals surface area contributed by atoms with Crippen LogP contribution in [0.25, 0.3) is 11.1 Å². The molecule has 0 radical (unpaired) electrons. The van der Waals surface area contributed by atoms with Gasteiger partial charge in [0.1, 0.15) is 5.75 Å². The summed E-state index contributed by atoms with van der Waals surface area (Å²) in [5.74, 6) is -3.42. The van der Waals surface area contributed by atoms with E-state index >= 15 is 0 Å². The van der Waals surface area contributed by atoms with Crippen molar-refractivity contribution in [1.29, 1.82) is 0 Å². The number of carboxylic acid groups (broad SMARTS) is 2. The number of rotatable bonds is 5. The first-order valence-corrected chi connectivity index (χ1v) is 9.14. The Morgan fingerprint density at radius 3 is 2.29 bits per heavy atom. The third-order valence-electron chi connectivity index (χ3n) is 3.93. The molecular formula is C17H15O6P. The van der Waals surface area contributed by atoms with Crippen molar-refractivity contribution in [3.05, 3.63) is 48.5 Å². The normalized spacial score (nSPS) is 19.5. The van der Waals surface area contributed by atoms with Crippen LogP contribution in [0.3, 0.4) is 0 Å². The molecule has 2 atom stereocenters. The number of carbonyl (C=O) groups is 2. The average Bonchev–Trinajstić information content (AvgIpc) is 2.54. The Bertz CT molecular complexity index is 860. The summed E-state index contributed by atoms with van der Waals surface area (Å²) in [6.45, 7) is 0. The summed E-state index contributed by atoms with van der Waals surface area (Å²) < 4.78 is 19.1. The molecule has 0 unspecified atom stereocenters. The lowest BCUT2D eigenvalue weighted by molar-refractivity contribution is -0.147. The van der Waals surface area contributed by atoms with Crippen molar-refractivity contribution in [2.45, 2.75) is 6.42 Å². The van der Waals surface area contributed by atoms with Crippen LogP contribution < -0.4 is 9.83 Å². The number of hydrogen-bond acceptors (Lipinski definition) is 4. The molecule has 1 heterocycles. The molecule has 0 saturated carbocycles. The zero-order valence-electron chi connectivity index (χ0n) is 12.6. The molecular weight excluding hydrogens is 331 g/mol. The van der Waals surface area contributed by atoms with Gasteiger partial charge in [-0.1, -0.05) is 36.4 Å². The molecule has 3 rings (SSSR count). The first-order chi connectivity index (χ1) is 11.4. The molecule has 1 aliphatic heterocycles. The average molecular weight is 346 g/mol. The van der Waals surface area contributed by atoms with Crippen molar-refractivity contribution in [3.8, 4) is 16.9 Å². The van der Waals surface area contributed by atoms with Crippen molar-refractivity contribution in [1.82, 2.24) is 0 Å². The monoisotopic (exact) mass is 346 g/mol. The highest BCUT2D eigenvalue weighted by molar-refractivity contribution is 7.67. The van der Waals surface area contributed by atoms with Crippen LogP contribution in [0, 0.1) is 5.92 Å². The van der Waals surface area contributed by atoms with E-state index in [0.717, 1.165) is 11.1 Å². The Morgan fingerprint density at radius 2 is 1.62 bits per heavy atom. The maximum absolute atomic E-state index is 13.4. The van der Waals surface area contributed by atoms with Gasteiger partial charge in [-0.25, -0.2) is 0 Å². The van der Waals surface area contributed by atoms with Crippen LogP contribution in [-0.4, -0.2) is 28.3 Å². The molecule has 124 valence electrons. The van der Waals surface area contributed by atoms with Crippen molar-refractivity contribution < 1.29 is 28.9 Å². The Kier molecular flexibility index (Phi) is 4.16. The first-order valence-electron chi connectivity index (χ1n) is 7.33. The molecule has 7 heteroatoms. The van der Waals surface area contributed by atoms with E-state index in [9.17, 15) is 19.3 Å². The van der Waals surface area contributed by atoms with Gasteiger partial charge in [0.05, 0.1) is 23.8 Å². The molecule has 0 bridgehead atoms. The van der Waals surface area contributed by atoms with Crippen molar-refractivity contribution in [2.24, 2.45) is 5.92 Å². The number of hydrogen-bond donors (Lipinski definition) is 2. The highest BCUT2D eigenvalue weighted by Gasteiger charge is 2.40. The van der Waals surface area contributed by atoms with Gasteiger partial charge in [-0.15, -0.1) is 0 Å². The van der Waals surface area contributed by atoms with E-state index in [4.69, 9.17) is 9.63 Å². The van der Waals surface area contributed by atoms with Gasteiger partial charge in [0, 0.05) is 5.56 Å². The lowest BCUT2D eigenvalue weighted by Gasteiger charge is -2.29. The van der Waals surface area contributed by atoms with Crippen LogP contribution in [0.4, 0.5) is 0 Å². The van der Waals surface area contributed by atoms with Crippen molar-refractivity contribution >= 4 is 24.6 Å². The van der Waals surface area contributed by atoms with E-state index in [2.05, 4.69) is 0 Å². The summed E-state index contributed by atoms with van der Waals surface area (Å²) in [6.07, 6.45) is -0.966. The van der Waals surface area contributed by atoms with Gasteiger partial charge in [0.15, 0.2) is 0 Å². The largest absolute Gasteiger partial charge is 0.481 e. The summed E-state index contributed by atoms with van der Waals surface area (Å²) >= 11 is 0. The molecule has 2 aromatic carbocycles. The molecule has 0 aromatic heterocycles. The van der Waals surface area contributed by atoms with Crippen LogP contribution in [0.2, 0.25) is 0 Å². The van der Waals surface area contributed by atoms with E-state index in [1.54, 1.807) is 36.4 Å². The van der Waals surface area contributed by atoms with Gasteiger partial charge >= 0.3 is 11.9 Å². The highest BCUT2D eigenvalue weighted by Crippen LogP contribution is 2.55. The summed E-state index contributed by atoms with van der Waals surface area (Å²) in [6, 6.07) is 14.0. The first kappa shape index (κ1) is 16.3. The number of fused-ring (bicyclic) bond motifs is 3. The second-order valence-corrected chi connectivity index (χ2v) is 7.97. The summed E-state index contributed by atoms with van der Waals surface area (Å²) in [7, 11) is -3.55. The number of para-hydroxylation sites is 1. The van der Waals surface area contributed by atoms with Crippen LogP contribution in [0.5, 0.6) is 5.75 Å². The summed E-state index contributed by atoms with van der Waals surface area (Å²) in [4.78, 5) is 22.3. The molecule has 0 saturated heterocycles. The molecule has 0 aliphatic carbocycles. The lowest BCUT2D eigenvalue weighted by atomic mass is 10.0. The van der Waals surface area contributed by atoms with Crippen LogP contribution in [0.15, 0.2) is 48.5 Å². The van der Waals surface area contributed by atoms with Crippen LogP contribution in [-0.2, 0) is 14.2 Å². The fraction of sp³-hybridized carbons (Fsp3) is 0.176. The Morgan fingerprint density at radius 1 is 1.00 bits per heavy atom. The highest BCUT2D eigenvalue weighted by atomic mass is 31.2. The van der Waals surface area contributed by atoms with Gasteiger partial charge in [0.2, 0.25) is 0 Å². The topological polar surface area (TPSA) is 101 Å². The quantitative estimate of drug-likeness (QED) is 0.808. The summed E-state index contributed by atoms with van der Waals surface area (Å²) in [5, 5.41) is 18.6. The molecule has 0 amide bonds. The van der Waals surface area contributed by atoms with Crippen LogP contribution in [0.1, 0.15) is 6.42 Å². The van der Waals surface area contributed by atoms with E-state index < -0.39 is 31.6 Å². The smallest absolute Gasteiger partial charge is 0.307 e. The fourth-order valence-electron chi connectivity index (χ4n) is 2.84. The second-order valence-electron chi connectivity index (χ2n) is 5.59. The van der Waals surface area contributed by atoms with E-state index in [1.165, 1.54) is 0 Å². The lowest BCUT2D eigenvalue weighted by Crippen LogP contribution is -2.28. The van der Waals surface area contributed by atoms with E-state index in [0.29, 0.717) is 11.1 Å². The van der Waals surface area contributed by atoms with E-state index in [-0.39, 0.29) is 6.16 Å². The van der Waals surface area contributed by atoms with Crippen LogP contribution >= 0.6 is 7.37 Å². The Labute approximate surface area is 138 Å². The predicted molar refractivity (Wildman–Crippen MR) is 88.0 cm³/mol. The van der Waals surface area contributed by atoms with E-state index in [1.807, 2.05) is 12.1 Å². The predicted octanol–water partition coefficient (Wildman–Crippen LogP) is 2.82.